The Morgan fingerprint density at radius 3 is 2.00 bits per heavy atom. The highest BCUT2D eigenvalue weighted by Gasteiger charge is 2.44. The van der Waals surface area contributed by atoms with Gasteiger partial charge in [-0.15, -0.1) is 17.9 Å². The van der Waals surface area contributed by atoms with Crippen LogP contribution in [0, 0.1) is 0 Å². The molecule has 0 fully saturated rings. The number of nitrogens with two attached hydrogens (primary N) is 1. The highest BCUT2D eigenvalue weighted by Crippen LogP contribution is 2.38. The average molecular weight is 601 g/mol. The van der Waals surface area contributed by atoms with Crippen molar-refractivity contribution in [2.24, 2.45) is 5.73 Å². The topological polar surface area (TPSA) is 122 Å². The van der Waals surface area contributed by atoms with Gasteiger partial charge in [-0.05, 0) is 55.4 Å². The van der Waals surface area contributed by atoms with Crippen LogP contribution in [0.4, 0.5) is 45.2 Å². The van der Waals surface area contributed by atoms with E-state index >= 15 is 0 Å². The third kappa shape index (κ3) is 7.59. The maximum Gasteiger partial charge on any atom is 0.573 e. The summed E-state index contributed by atoms with van der Waals surface area (Å²) >= 11 is 0. The van der Waals surface area contributed by atoms with Gasteiger partial charge in [0, 0.05) is 23.2 Å². The molecule has 0 atom stereocenters. The number of aromatic nitrogens is 1. The van der Waals surface area contributed by atoms with Gasteiger partial charge in [0.15, 0.2) is 5.75 Å². The molecule has 0 amide bonds. The number of carbonyl (C=O) groups excluding carboxylic acids is 2. The monoisotopic (exact) mass is 601 g/mol. The average Bonchev–Trinajstić information content (AvgIpc) is 2.85. The van der Waals surface area contributed by atoms with Crippen molar-refractivity contribution in [2.45, 2.75) is 25.1 Å². The van der Waals surface area contributed by atoms with E-state index in [0.29, 0.717) is 30.7 Å². The van der Waals surface area contributed by atoms with E-state index in [-0.39, 0.29) is 23.5 Å². The Morgan fingerprint density at radius 1 is 0.854 bits per heavy atom. The fraction of sp³-hybridized carbons (Fsp3) is 0.261. The van der Waals surface area contributed by atoms with Gasteiger partial charge in [-0.3, -0.25) is 4.79 Å². The molecule has 0 bridgehead atoms. The van der Waals surface area contributed by atoms with Gasteiger partial charge >= 0.3 is 30.7 Å². The largest absolute Gasteiger partial charge is 0.573 e. The van der Waals surface area contributed by atoms with Gasteiger partial charge in [0.2, 0.25) is 0 Å². The molecule has 41 heavy (non-hydrogen) atoms. The molecule has 0 aliphatic heterocycles. The molecule has 3 N–H and O–H groups in total. The number of anilines is 1. The predicted molar refractivity (Wildman–Crippen MR) is 122 cm³/mol. The molecule has 0 aliphatic rings. The van der Waals surface area contributed by atoms with Crippen LogP contribution >= 0.6 is 0 Å². The molecule has 1 aromatic heterocycles. The second-order valence-corrected chi connectivity index (χ2v) is 7.94. The second kappa shape index (κ2) is 11.6. The number of carbonyl (C=O) groups is 2. The van der Waals surface area contributed by atoms with E-state index in [4.69, 9.17) is 5.73 Å². The zero-order chi connectivity index (χ0) is 30.8. The van der Waals surface area contributed by atoms with Crippen molar-refractivity contribution >= 4 is 28.4 Å². The molecule has 0 aliphatic carbocycles. The zero-order valence-electron chi connectivity index (χ0n) is 20.0. The van der Waals surface area contributed by atoms with Crippen LogP contribution in [0.5, 0.6) is 11.5 Å². The minimum Gasteiger partial charge on any atom is -0.417 e. The van der Waals surface area contributed by atoms with E-state index in [2.05, 4.69) is 19.6 Å². The minimum atomic E-state index is -5.72. The number of pyridine rings is 1. The van der Waals surface area contributed by atoms with E-state index in [0.717, 1.165) is 12.1 Å². The van der Waals surface area contributed by atoms with E-state index in [9.17, 15) is 53.9 Å². The lowest BCUT2D eigenvalue weighted by Gasteiger charge is -2.20. The lowest BCUT2D eigenvalue weighted by Crippen LogP contribution is -2.39. The summed E-state index contributed by atoms with van der Waals surface area (Å²) < 4.78 is 124. The maximum atomic E-state index is 13.3. The van der Waals surface area contributed by atoms with Crippen LogP contribution in [0.3, 0.4) is 0 Å². The number of nitrogens with one attached hydrogen (secondary N) is 1. The third-order valence-corrected chi connectivity index (χ3v) is 5.00. The summed E-state index contributed by atoms with van der Waals surface area (Å²) in [5, 5.41) is 1.58. The first-order chi connectivity index (χ1) is 18.9. The van der Waals surface area contributed by atoms with Gasteiger partial charge in [-0.2, -0.15) is 26.3 Å². The Kier molecular flexibility index (Phi) is 8.75. The van der Waals surface area contributed by atoms with Crippen molar-refractivity contribution in [3.8, 4) is 22.8 Å². The minimum absolute atomic E-state index is 0.131. The van der Waals surface area contributed by atoms with E-state index < -0.39 is 69.7 Å². The smallest absolute Gasteiger partial charge is 0.417 e. The number of hydrogen-bond acceptors (Lipinski definition) is 8. The molecule has 2 aromatic carbocycles. The number of esters is 1. The number of fused-ring (bicyclic) bond motifs is 1. The summed E-state index contributed by atoms with van der Waals surface area (Å²) in [5.74, 6) is -7.95. The van der Waals surface area contributed by atoms with E-state index in [1.54, 1.807) is 0 Å². The fourth-order valence-corrected chi connectivity index (χ4v) is 3.33. The fourth-order valence-electron chi connectivity index (χ4n) is 3.33. The molecule has 0 spiro atoms. The van der Waals surface area contributed by atoms with Crippen molar-refractivity contribution in [1.29, 1.82) is 0 Å². The Hall–Kier alpha value is -4.48. The lowest BCUT2D eigenvalue weighted by molar-refractivity contribution is -0.274. The molecule has 1 heterocycles. The highest BCUT2D eigenvalue weighted by molar-refractivity contribution is 5.97. The van der Waals surface area contributed by atoms with Crippen LogP contribution in [0.2, 0.25) is 0 Å². The number of benzene rings is 2. The van der Waals surface area contributed by atoms with Gasteiger partial charge in [-0.1, -0.05) is 0 Å². The number of alkyl halides is 9. The molecule has 0 saturated heterocycles. The second-order valence-electron chi connectivity index (χ2n) is 7.94. The van der Waals surface area contributed by atoms with Crippen LogP contribution in [0.25, 0.3) is 22.0 Å². The first kappa shape index (κ1) is 31.1. The molecule has 18 heteroatoms. The lowest BCUT2D eigenvalue weighted by atomic mass is 10.0. The van der Waals surface area contributed by atoms with E-state index in [1.165, 1.54) is 6.07 Å². The molecule has 3 rings (SSSR count). The number of ether oxygens (including phenoxy) is 2. The Bertz CT molecular complexity index is 1500. The van der Waals surface area contributed by atoms with Crippen molar-refractivity contribution in [2.75, 3.05) is 18.4 Å². The summed E-state index contributed by atoms with van der Waals surface area (Å²) in [6.45, 7) is 0.480. The molecular formula is C23H16F9N3O6. The SMILES string of the molecule is NCCCNc1ccc2c(OC(=O)C(F)(F)F)c(-c3ccc(OC(F)(F)F)cc3)n(OC(=O)C(F)(F)F)c(=O)c2c1. The van der Waals surface area contributed by atoms with Crippen molar-refractivity contribution in [1.82, 2.24) is 4.73 Å². The molecule has 3 aromatic rings. The molecule has 0 unspecified atom stereocenters. The van der Waals surface area contributed by atoms with E-state index in [1.807, 2.05) is 0 Å². The van der Waals surface area contributed by atoms with Gasteiger partial charge < -0.3 is 25.4 Å². The summed E-state index contributed by atoms with van der Waals surface area (Å²) in [6.07, 6.45) is -16.1. The van der Waals surface area contributed by atoms with Crippen LogP contribution in [-0.4, -0.2) is 48.5 Å². The normalized spacial score (nSPS) is 12.2. The molecular weight excluding hydrogens is 585 g/mol. The predicted octanol–water partition coefficient (Wildman–Crippen LogP) is 4.31. The van der Waals surface area contributed by atoms with Gasteiger partial charge in [-0.25, -0.2) is 9.59 Å². The Labute approximate surface area is 222 Å². The third-order valence-electron chi connectivity index (χ3n) is 5.00. The summed E-state index contributed by atoms with van der Waals surface area (Å²) in [4.78, 5) is 41.0. The van der Waals surface area contributed by atoms with Crippen LogP contribution in [0.15, 0.2) is 47.3 Å². The quantitative estimate of drug-likeness (QED) is 0.223. The molecule has 222 valence electrons. The van der Waals surface area contributed by atoms with Crippen molar-refractivity contribution < 1.29 is 63.4 Å². The standard InChI is InChI=1S/C23H16F9N3O6/c24-21(25,26)19(37)39-17-14-7-4-12(34-9-1-8-33)10-15(14)18(36)35(41-20(38)22(27,28)29)16(17)11-2-5-13(6-3-11)40-23(30,31)32/h2-7,10,34H,1,8-9,33H2. The van der Waals surface area contributed by atoms with Crippen LogP contribution in [0.1, 0.15) is 6.42 Å². The van der Waals surface area contributed by atoms with Gasteiger partial charge in [0.25, 0.3) is 5.56 Å². The van der Waals surface area contributed by atoms with Crippen LogP contribution in [-0.2, 0) is 9.59 Å². The Balaban J connectivity index is 2.37. The number of hydrogen-bond donors (Lipinski definition) is 2. The van der Waals surface area contributed by atoms with Gasteiger partial charge in [0.1, 0.15) is 11.4 Å². The number of rotatable bonds is 8. The summed E-state index contributed by atoms with van der Waals surface area (Å²) in [6, 6.07) is 5.71. The molecule has 9 nitrogen and oxygen atoms in total. The first-order valence-electron chi connectivity index (χ1n) is 11.0. The first-order valence-corrected chi connectivity index (χ1v) is 11.0. The summed E-state index contributed by atoms with van der Waals surface area (Å²) in [5.41, 5.74) is 2.24. The highest BCUT2D eigenvalue weighted by atomic mass is 19.4. The number of halogens is 9. The van der Waals surface area contributed by atoms with Crippen LogP contribution < -0.4 is 30.9 Å². The molecule has 0 saturated carbocycles. The van der Waals surface area contributed by atoms with Gasteiger partial charge in [0.05, 0.1) is 5.39 Å². The zero-order valence-corrected chi connectivity index (χ0v) is 20.0. The molecule has 0 radical (unpaired) electrons. The maximum absolute atomic E-state index is 13.3. The number of nitrogens with zero attached hydrogens (tertiary/aromatic N) is 1. The van der Waals surface area contributed by atoms with Crippen molar-refractivity contribution in [3.05, 3.63) is 52.8 Å². The van der Waals surface area contributed by atoms with Crippen molar-refractivity contribution in [3.63, 3.8) is 0 Å². The Morgan fingerprint density at radius 2 is 1.46 bits per heavy atom. The summed E-state index contributed by atoms with van der Waals surface area (Å²) in [7, 11) is 0.